The van der Waals surface area contributed by atoms with Gasteiger partial charge in [0, 0.05) is 18.3 Å². The molecule has 1 aliphatic rings. The molecule has 3 nitrogen and oxygen atoms in total. The van der Waals surface area contributed by atoms with Gasteiger partial charge in [-0.1, -0.05) is 0 Å². The van der Waals surface area contributed by atoms with E-state index < -0.39 is 11.7 Å². The van der Waals surface area contributed by atoms with Crippen LogP contribution in [0.25, 0.3) is 0 Å². The quantitative estimate of drug-likeness (QED) is 0.852. The smallest absolute Gasteiger partial charge is 0.381 e. The minimum atomic E-state index is -4.49. The van der Waals surface area contributed by atoms with Gasteiger partial charge >= 0.3 is 6.18 Å². The average molecular weight is 255 g/mol. The summed E-state index contributed by atoms with van der Waals surface area (Å²) in [5, 5.41) is 15.0. The third-order valence-electron chi connectivity index (χ3n) is 2.88. The van der Waals surface area contributed by atoms with Crippen LogP contribution in [0.2, 0.25) is 0 Å². The van der Waals surface area contributed by atoms with Crippen molar-refractivity contribution >= 4 is 5.69 Å². The monoisotopic (exact) mass is 255 g/mol. The van der Waals surface area contributed by atoms with E-state index in [1.165, 1.54) is 12.1 Å². The zero-order chi connectivity index (χ0) is 13.2. The lowest BCUT2D eigenvalue weighted by molar-refractivity contribution is -0.137. The predicted octanol–water partition coefficient (Wildman–Crippen LogP) is 2.35. The summed E-state index contributed by atoms with van der Waals surface area (Å²) in [4.78, 5) is 0. The summed E-state index contributed by atoms with van der Waals surface area (Å²) >= 11 is 0. The fourth-order valence-electron chi connectivity index (χ4n) is 1.99. The van der Waals surface area contributed by atoms with Crippen LogP contribution in [0, 0.1) is 11.3 Å². The Hall–Kier alpha value is -1.74. The lowest BCUT2D eigenvalue weighted by atomic mass is 10.1. The highest BCUT2D eigenvalue weighted by Gasteiger charge is 2.33. The number of nitrogens with zero attached hydrogens (tertiary/aromatic N) is 1. The second kappa shape index (κ2) is 4.86. The van der Waals surface area contributed by atoms with Crippen molar-refractivity contribution in [1.29, 1.82) is 5.26 Å². The molecule has 1 fully saturated rings. The number of rotatable bonds is 2. The molecule has 0 aliphatic carbocycles. The normalized spacial score (nSPS) is 19.6. The highest BCUT2D eigenvalue weighted by atomic mass is 19.4. The standard InChI is InChI=1S/C12H12F3N3/c13-12(14,15)11-2-1-9(5-8(11)6-16)18-10-3-4-17-7-10/h1-2,5,10,17-18H,3-4,7H2. The molecule has 0 bridgehead atoms. The van der Waals surface area contributed by atoms with Gasteiger partial charge < -0.3 is 10.6 Å². The van der Waals surface area contributed by atoms with E-state index in [9.17, 15) is 13.2 Å². The van der Waals surface area contributed by atoms with Gasteiger partial charge in [-0.25, -0.2) is 0 Å². The van der Waals surface area contributed by atoms with E-state index in [0.717, 1.165) is 25.6 Å². The Bertz CT molecular complexity index is 470. The molecule has 1 aromatic carbocycles. The maximum absolute atomic E-state index is 12.6. The molecule has 1 aromatic rings. The second-order valence-electron chi connectivity index (χ2n) is 4.20. The maximum atomic E-state index is 12.6. The van der Waals surface area contributed by atoms with E-state index in [4.69, 9.17) is 5.26 Å². The van der Waals surface area contributed by atoms with Crippen molar-refractivity contribution in [3.05, 3.63) is 29.3 Å². The number of nitriles is 1. The first-order chi connectivity index (χ1) is 8.50. The van der Waals surface area contributed by atoms with Crippen LogP contribution in [0.3, 0.4) is 0 Å². The maximum Gasteiger partial charge on any atom is 0.417 e. The van der Waals surface area contributed by atoms with Gasteiger partial charge in [0.15, 0.2) is 0 Å². The van der Waals surface area contributed by atoms with E-state index in [1.54, 1.807) is 6.07 Å². The fourth-order valence-corrected chi connectivity index (χ4v) is 1.99. The molecule has 0 aromatic heterocycles. The van der Waals surface area contributed by atoms with Gasteiger partial charge in [0.2, 0.25) is 0 Å². The van der Waals surface area contributed by atoms with E-state index in [1.807, 2.05) is 0 Å². The Morgan fingerprint density at radius 2 is 2.17 bits per heavy atom. The molecule has 1 heterocycles. The molecule has 18 heavy (non-hydrogen) atoms. The third kappa shape index (κ3) is 2.74. The fraction of sp³-hybridized carbons (Fsp3) is 0.417. The summed E-state index contributed by atoms with van der Waals surface area (Å²) in [7, 11) is 0. The molecule has 0 spiro atoms. The molecule has 2 rings (SSSR count). The van der Waals surface area contributed by atoms with Gasteiger partial charge in [0.25, 0.3) is 0 Å². The van der Waals surface area contributed by atoms with Crippen LogP contribution < -0.4 is 10.6 Å². The molecular weight excluding hydrogens is 243 g/mol. The molecule has 0 amide bonds. The van der Waals surface area contributed by atoms with Crippen molar-refractivity contribution < 1.29 is 13.2 Å². The van der Waals surface area contributed by atoms with Crippen molar-refractivity contribution in [3.8, 4) is 6.07 Å². The van der Waals surface area contributed by atoms with Crippen molar-refractivity contribution in [2.24, 2.45) is 0 Å². The number of hydrogen-bond donors (Lipinski definition) is 2. The van der Waals surface area contributed by atoms with Crippen LogP contribution in [0.1, 0.15) is 17.5 Å². The molecule has 2 N–H and O–H groups in total. The summed E-state index contributed by atoms with van der Waals surface area (Å²) in [6.45, 7) is 1.67. The van der Waals surface area contributed by atoms with Crippen molar-refractivity contribution in [2.75, 3.05) is 18.4 Å². The number of nitrogens with one attached hydrogen (secondary N) is 2. The van der Waals surface area contributed by atoms with Gasteiger partial charge in [-0.3, -0.25) is 0 Å². The number of anilines is 1. The highest BCUT2D eigenvalue weighted by Crippen LogP contribution is 2.33. The van der Waals surface area contributed by atoms with Gasteiger partial charge in [-0.15, -0.1) is 0 Å². The predicted molar refractivity (Wildman–Crippen MR) is 61.1 cm³/mol. The SMILES string of the molecule is N#Cc1cc(NC2CCNC2)ccc1C(F)(F)F. The van der Waals surface area contributed by atoms with Crippen LogP contribution in [0.4, 0.5) is 18.9 Å². The summed E-state index contributed by atoms with van der Waals surface area (Å²) in [6, 6.07) is 5.36. The summed E-state index contributed by atoms with van der Waals surface area (Å²) in [6.07, 6.45) is -3.57. The molecule has 0 radical (unpaired) electrons. The van der Waals surface area contributed by atoms with E-state index in [-0.39, 0.29) is 11.6 Å². The van der Waals surface area contributed by atoms with Crippen LogP contribution in [0.5, 0.6) is 0 Å². The van der Waals surface area contributed by atoms with E-state index in [0.29, 0.717) is 5.69 Å². The van der Waals surface area contributed by atoms with Gasteiger partial charge in [-0.05, 0) is 31.2 Å². The van der Waals surface area contributed by atoms with Gasteiger partial charge in [0.1, 0.15) is 0 Å². The Kier molecular flexibility index (Phi) is 3.43. The van der Waals surface area contributed by atoms with Crippen molar-refractivity contribution in [2.45, 2.75) is 18.6 Å². The van der Waals surface area contributed by atoms with Crippen LogP contribution in [-0.2, 0) is 6.18 Å². The number of hydrogen-bond acceptors (Lipinski definition) is 3. The van der Waals surface area contributed by atoms with Gasteiger partial charge in [0.05, 0.1) is 17.2 Å². The topological polar surface area (TPSA) is 47.9 Å². The zero-order valence-corrected chi connectivity index (χ0v) is 9.51. The zero-order valence-electron chi connectivity index (χ0n) is 9.51. The molecule has 1 unspecified atom stereocenters. The second-order valence-corrected chi connectivity index (χ2v) is 4.20. The number of alkyl halides is 3. The van der Waals surface area contributed by atoms with E-state index >= 15 is 0 Å². The third-order valence-corrected chi connectivity index (χ3v) is 2.88. The highest BCUT2D eigenvalue weighted by molar-refractivity contribution is 5.54. The molecule has 1 aliphatic heterocycles. The largest absolute Gasteiger partial charge is 0.417 e. The average Bonchev–Trinajstić information content (AvgIpc) is 2.80. The molecule has 1 atom stereocenters. The van der Waals surface area contributed by atoms with E-state index in [2.05, 4.69) is 10.6 Å². The summed E-state index contributed by atoms with van der Waals surface area (Å²) < 4.78 is 37.8. The van der Waals surface area contributed by atoms with Crippen molar-refractivity contribution in [3.63, 3.8) is 0 Å². The first-order valence-corrected chi connectivity index (χ1v) is 5.59. The van der Waals surface area contributed by atoms with Crippen LogP contribution >= 0.6 is 0 Å². The molecule has 96 valence electrons. The van der Waals surface area contributed by atoms with Crippen LogP contribution in [0.15, 0.2) is 18.2 Å². The Morgan fingerprint density at radius 1 is 1.39 bits per heavy atom. The molecule has 0 saturated carbocycles. The van der Waals surface area contributed by atoms with Crippen LogP contribution in [-0.4, -0.2) is 19.1 Å². The molecule has 6 heteroatoms. The Morgan fingerprint density at radius 3 is 2.72 bits per heavy atom. The summed E-state index contributed by atoms with van der Waals surface area (Å²) in [5.74, 6) is 0. The van der Waals surface area contributed by atoms with Gasteiger partial charge in [-0.2, -0.15) is 18.4 Å². The number of benzene rings is 1. The Balaban J connectivity index is 2.22. The lowest BCUT2D eigenvalue weighted by Gasteiger charge is -2.15. The number of halogens is 3. The molecule has 1 saturated heterocycles. The summed E-state index contributed by atoms with van der Waals surface area (Å²) in [5.41, 5.74) is -0.688. The minimum absolute atomic E-state index is 0.202. The molecular formula is C12H12F3N3. The Labute approximate surface area is 103 Å². The first-order valence-electron chi connectivity index (χ1n) is 5.59. The van der Waals surface area contributed by atoms with Crippen molar-refractivity contribution in [1.82, 2.24) is 5.32 Å². The first kappa shape index (κ1) is 12.7. The minimum Gasteiger partial charge on any atom is -0.381 e. The lowest BCUT2D eigenvalue weighted by Crippen LogP contribution is -2.22.